The maximum atomic E-state index is 10.2. The molecule has 2 heteroatoms. The molecule has 0 heterocycles. The van der Waals surface area contributed by atoms with E-state index in [9.17, 15) is 10.2 Å². The monoisotopic (exact) mass is 206 g/mol. The Labute approximate surface area is 90.6 Å². The fourth-order valence-electron chi connectivity index (χ4n) is 2.42. The third kappa shape index (κ3) is 2.21. The van der Waals surface area contributed by atoms with Gasteiger partial charge in [0.15, 0.2) is 5.79 Å². The minimum atomic E-state index is -1.64. The molecule has 0 atom stereocenters. The van der Waals surface area contributed by atoms with Gasteiger partial charge in [-0.05, 0) is 12.8 Å². The summed E-state index contributed by atoms with van der Waals surface area (Å²) in [5.41, 5.74) is 0.622. The minimum absolute atomic E-state index is 0.00588. The van der Waals surface area contributed by atoms with E-state index < -0.39 is 5.79 Å². The van der Waals surface area contributed by atoms with Crippen molar-refractivity contribution >= 4 is 0 Å². The zero-order valence-corrected chi connectivity index (χ0v) is 8.89. The van der Waals surface area contributed by atoms with Gasteiger partial charge in [-0.1, -0.05) is 49.6 Å². The van der Waals surface area contributed by atoms with Crippen molar-refractivity contribution < 1.29 is 10.2 Å². The molecule has 1 aliphatic carbocycles. The molecule has 1 fully saturated rings. The van der Waals surface area contributed by atoms with Crippen molar-refractivity contribution in [1.29, 1.82) is 0 Å². The number of hydrogen-bond acceptors (Lipinski definition) is 2. The van der Waals surface area contributed by atoms with Crippen molar-refractivity contribution in [2.24, 2.45) is 5.92 Å². The van der Waals surface area contributed by atoms with E-state index in [4.69, 9.17) is 0 Å². The van der Waals surface area contributed by atoms with E-state index in [0.29, 0.717) is 5.56 Å². The van der Waals surface area contributed by atoms with Gasteiger partial charge in [0.25, 0.3) is 0 Å². The summed E-state index contributed by atoms with van der Waals surface area (Å²) >= 11 is 0. The van der Waals surface area contributed by atoms with Crippen molar-refractivity contribution in [1.82, 2.24) is 0 Å². The molecule has 0 saturated heterocycles. The zero-order chi connectivity index (χ0) is 10.7. The van der Waals surface area contributed by atoms with E-state index in [1.165, 1.54) is 6.42 Å². The van der Waals surface area contributed by atoms with Gasteiger partial charge in [0.05, 0.1) is 0 Å². The van der Waals surface area contributed by atoms with Crippen LogP contribution in [0.15, 0.2) is 30.3 Å². The summed E-state index contributed by atoms with van der Waals surface area (Å²) in [5, 5.41) is 20.3. The second-order valence-corrected chi connectivity index (χ2v) is 4.43. The molecular formula is C13H18O2. The smallest absolute Gasteiger partial charge is 0.192 e. The standard InChI is InChI=1S/C13H18O2/c14-13(15,11-7-3-1-4-8-11)12-9-5-2-6-10-12/h1,3-4,7-8,12,14-15H,2,5-6,9-10H2. The first-order chi connectivity index (χ1) is 7.21. The molecule has 2 rings (SSSR count). The van der Waals surface area contributed by atoms with Crippen molar-refractivity contribution in [3.63, 3.8) is 0 Å². The highest BCUT2D eigenvalue weighted by Gasteiger charge is 2.36. The van der Waals surface area contributed by atoms with Gasteiger partial charge in [0.1, 0.15) is 0 Å². The predicted molar refractivity (Wildman–Crippen MR) is 59.1 cm³/mol. The Morgan fingerprint density at radius 2 is 1.53 bits per heavy atom. The second kappa shape index (κ2) is 4.33. The Bertz CT molecular complexity index is 300. The van der Waals surface area contributed by atoms with Crippen LogP contribution in [0.2, 0.25) is 0 Å². The van der Waals surface area contributed by atoms with Crippen LogP contribution in [0.1, 0.15) is 37.7 Å². The molecule has 2 N–H and O–H groups in total. The summed E-state index contributed by atoms with van der Waals surface area (Å²) in [6, 6.07) is 9.16. The summed E-state index contributed by atoms with van der Waals surface area (Å²) in [4.78, 5) is 0. The van der Waals surface area contributed by atoms with E-state index in [-0.39, 0.29) is 5.92 Å². The van der Waals surface area contributed by atoms with Crippen LogP contribution in [0, 0.1) is 5.92 Å². The van der Waals surface area contributed by atoms with Crippen molar-refractivity contribution in [2.45, 2.75) is 37.9 Å². The summed E-state index contributed by atoms with van der Waals surface area (Å²) < 4.78 is 0. The second-order valence-electron chi connectivity index (χ2n) is 4.43. The maximum absolute atomic E-state index is 10.2. The molecule has 1 aromatic carbocycles. The molecule has 0 aromatic heterocycles. The van der Waals surface area contributed by atoms with Gasteiger partial charge >= 0.3 is 0 Å². The van der Waals surface area contributed by atoms with E-state index in [1.54, 1.807) is 12.1 Å². The van der Waals surface area contributed by atoms with Gasteiger partial charge in [0.2, 0.25) is 0 Å². The van der Waals surface area contributed by atoms with Crippen LogP contribution in [0.5, 0.6) is 0 Å². The molecule has 0 spiro atoms. The SMILES string of the molecule is OC(O)(c1ccccc1)C1CCCCC1. The molecule has 0 radical (unpaired) electrons. The normalized spacial score (nSPS) is 19.1. The van der Waals surface area contributed by atoms with Gasteiger partial charge in [-0.25, -0.2) is 0 Å². The summed E-state index contributed by atoms with van der Waals surface area (Å²) in [6.45, 7) is 0. The molecule has 0 aliphatic heterocycles. The van der Waals surface area contributed by atoms with E-state index in [1.807, 2.05) is 18.2 Å². The molecule has 1 saturated carbocycles. The van der Waals surface area contributed by atoms with Crippen LogP contribution in [-0.4, -0.2) is 10.2 Å². The van der Waals surface area contributed by atoms with Gasteiger partial charge in [-0.3, -0.25) is 0 Å². The molecule has 1 aromatic rings. The zero-order valence-electron chi connectivity index (χ0n) is 8.89. The Hall–Kier alpha value is -0.860. The molecule has 15 heavy (non-hydrogen) atoms. The molecule has 2 nitrogen and oxygen atoms in total. The number of rotatable bonds is 2. The fourth-order valence-corrected chi connectivity index (χ4v) is 2.42. The lowest BCUT2D eigenvalue weighted by atomic mass is 9.80. The Morgan fingerprint density at radius 3 is 2.13 bits per heavy atom. The minimum Gasteiger partial charge on any atom is -0.362 e. The first-order valence-corrected chi connectivity index (χ1v) is 5.71. The number of benzene rings is 1. The van der Waals surface area contributed by atoms with Crippen LogP contribution >= 0.6 is 0 Å². The quantitative estimate of drug-likeness (QED) is 0.729. The summed E-state index contributed by atoms with van der Waals surface area (Å²) in [7, 11) is 0. The molecule has 82 valence electrons. The van der Waals surface area contributed by atoms with Crippen molar-refractivity contribution in [2.75, 3.05) is 0 Å². The Morgan fingerprint density at radius 1 is 0.933 bits per heavy atom. The highest BCUT2D eigenvalue weighted by Crippen LogP contribution is 2.37. The van der Waals surface area contributed by atoms with Gasteiger partial charge in [-0.2, -0.15) is 0 Å². The lowest BCUT2D eigenvalue weighted by Gasteiger charge is -2.34. The highest BCUT2D eigenvalue weighted by molar-refractivity contribution is 5.20. The topological polar surface area (TPSA) is 40.5 Å². The average Bonchev–Trinajstić information content (AvgIpc) is 2.31. The lowest BCUT2D eigenvalue weighted by molar-refractivity contribution is -0.216. The number of hydrogen-bond donors (Lipinski definition) is 2. The third-order valence-electron chi connectivity index (χ3n) is 3.37. The summed E-state index contributed by atoms with van der Waals surface area (Å²) in [6.07, 6.45) is 5.28. The molecule has 0 unspecified atom stereocenters. The molecule has 0 bridgehead atoms. The van der Waals surface area contributed by atoms with Crippen LogP contribution in [0.3, 0.4) is 0 Å². The lowest BCUT2D eigenvalue weighted by Crippen LogP contribution is -2.36. The van der Waals surface area contributed by atoms with Crippen LogP contribution in [0.25, 0.3) is 0 Å². The van der Waals surface area contributed by atoms with Crippen molar-refractivity contribution in [3.05, 3.63) is 35.9 Å². The maximum Gasteiger partial charge on any atom is 0.192 e. The predicted octanol–water partition coefficient (Wildman–Crippen LogP) is 2.40. The third-order valence-corrected chi connectivity index (χ3v) is 3.37. The van der Waals surface area contributed by atoms with Crippen LogP contribution in [-0.2, 0) is 5.79 Å². The van der Waals surface area contributed by atoms with Gasteiger partial charge < -0.3 is 10.2 Å². The van der Waals surface area contributed by atoms with E-state index >= 15 is 0 Å². The molecular weight excluding hydrogens is 188 g/mol. The van der Waals surface area contributed by atoms with Crippen LogP contribution in [0.4, 0.5) is 0 Å². The summed E-state index contributed by atoms with van der Waals surface area (Å²) in [5.74, 6) is -1.64. The molecule has 1 aliphatic rings. The Balaban J connectivity index is 2.18. The van der Waals surface area contributed by atoms with Crippen molar-refractivity contribution in [3.8, 4) is 0 Å². The largest absolute Gasteiger partial charge is 0.362 e. The highest BCUT2D eigenvalue weighted by atomic mass is 16.5. The van der Waals surface area contributed by atoms with E-state index in [0.717, 1.165) is 25.7 Å². The average molecular weight is 206 g/mol. The fraction of sp³-hybridized carbons (Fsp3) is 0.538. The van der Waals surface area contributed by atoms with Crippen LogP contribution < -0.4 is 0 Å². The molecule has 0 amide bonds. The first-order valence-electron chi connectivity index (χ1n) is 5.71. The number of aliphatic hydroxyl groups is 2. The Kier molecular flexibility index (Phi) is 3.08. The first kappa shape index (κ1) is 10.7. The van der Waals surface area contributed by atoms with Gasteiger partial charge in [0, 0.05) is 11.5 Å². The van der Waals surface area contributed by atoms with E-state index in [2.05, 4.69) is 0 Å². The van der Waals surface area contributed by atoms with Gasteiger partial charge in [-0.15, -0.1) is 0 Å².